The standard InChI is InChI=1S/C12H11Br2NOS/c1-16-12-3-2-9(5-11(12)14)15-6-10-4-8(13)7-17-10/h2-5,7,15H,6H2,1H3. The maximum absolute atomic E-state index is 5.19. The Balaban J connectivity index is 2.02. The van der Waals surface area contributed by atoms with Crippen LogP contribution in [0.1, 0.15) is 4.88 Å². The van der Waals surface area contributed by atoms with Gasteiger partial charge in [-0.1, -0.05) is 0 Å². The van der Waals surface area contributed by atoms with Gasteiger partial charge in [0.05, 0.1) is 11.6 Å². The summed E-state index contributed by atoms with van der Waals surface area (Å²) in [6, 6.07) is 8.08. The molecule has 0 spiro atoms. The molecule has 0 amide bonds. The molecule has 5 heteroatoms. The third-order valence-corrected chi connectivity index (χ3v) is 4.56. The van der Waals surface area contributed by atoms with Gasteiger partial charge in [0.2, 0.25) is 0 Å². The Morgan fingerprint density at radius 3 is 2.71 bits per heavy atom. The van der Waals surface area contributed by atoms with Gasteiger partial charge in [-0.2, -0.15) is 0 Å². The van der Waals surface area contributed by atoms with Crippen LogP contribution in [0.15, 0.2) is 38.6 Å². The van der Waals surface area contributed by atoms with E-state index in [-0.39, 0.29) is 0 Å². The molecule has 0 radical (unpaired) electrons. The minimum absolute atomic E-state index is 0.828. The molecule has 0 fully saturated rings. The molecule has 0 unspecified atom stereocenters. The van der Waals surface area contributed by atoms with Crippen molar-refractivity contribution in [2.45, 2.75) is 6.54 Å². The molecule has 1 heterocycles. The second-order valence-corrected chi connectivity index (χ2v) is 6.20. The monoisotopic (exact) mass is 375 g/mol. The van der Waals surface area contributed by atoms with Gasteiger partial charge in [0.15, 0.2) is 0 Å². The van der Waals surface area contributed by atoms with Gasteiger partial charge in [0.1, 0.15) is 5.75 Å². The Hall–Kier alpha value is -0.520. The van der Waals surface area contributed by atoms with Crippen LogP contribution < -0.4 is 10.1 Å². The smallest absolute Gasteiger partial charge is 0.133 e. The summed E-state index contributed by atoms with van der Waals surface area (Å²) in [4.78, 5) is 1.30. The number of benzene rings is 1. The van der Waals surface area contributed by atoms with E-state index in [1.54, 1.807) is 18.4 Å². The zero-order valence-electron chi connectivity index (χ0n) is 9.17. The average Bonchev–Trinajstić information content (AvgIpc) is 2.73. The van der Waals surface area contributed by atoms with Gasteiger partial charge in [-0.15, -0.1) is 11.3 Å². The Bertz CT molecular complexity index is 513. The average molecular weight is 377 g/mol. The topological polar surface area (TPSA) is 21.3 Å². The van der Waals surface area contributed by atoms with Crippen LogP contribution in [0.2, 0.25) is 0 Å². The number of methoxy groups -OCH3 is 1. The first-order valence-corrected chi connectivity index (χ1v) is 7.46. The number of anilines is 1. The number of hydrogen-bond donors (Lipinski definition) is 1. The quantitative estimate of drug-likeness (QED) is 0.819. The number of ether oxygens (including phenoxy) is 1. The Morgan fingerprint density at radius 2 is 2.12 bits per heavy atom. The predicted molar refractivity (Wildman–Crippen MR) is 80.0 cm³/mol. The normalized spacial score (nSPS) is 10.3. The molecular weight excluding hydrogens is 366 g/mol. The first-order chi connectivity index (χ1) is 8.19. The summed E-state index contributed by atoms with van der Waals surface area (Å²) >= 11 is 8.65. The summed E-state index contributed by atoms with van der Waals surface area (Å²) in [5.74, 6) is 0.842. The Kier molecular flexibility index (Phi) is 4.48. The first-order valence-electron chi connectivity index (χ1n) is 4.99. The van der Waals surface area contributed by atoms with Gasteiger partial charge < -0.3 is 10.1 Å². The molecule has 90 valence electrons. The minimum Gasteiger partial charge on any atom is -0.496 e. The third kappa shape index (κ3) is 3.47. The van der Waals surface area contributed by atoms with Gasteiger partial charge in [-0.05, 0) is 56.1 Å². The van der Waals surface area contributed by atoms with E-state index in [9.17, 15) is 0 Å². The number of rotatable bonds is 4. The van der Waals surface area contributed by atoms with Crippen LogP contribution in [-0.2, 0) is 6.54 Å². The van der Waals surface area contributed by atoms with E-state index in [0.29, 0.717) is 0 Å². The lowest BCUT2D eigenvalue weighted by Crippen LogP contribution is -1.97. The van der Waals surface area contributed by atoms with Gasteiger partial charge in [0.25, 0.3) is 0 Å². The summed E-state index contributed by atoms with van der Waals surface area (Å²) in [6.45, 7) is 0.828. The molecule has 2 aromatic rings. The maximum atomic E-state index is 5.19. The van der Waals surface area contributed by atoms with Gasteiger partial charge >= 0.3 is 0 Å². The highest BCUT2D eigenvalue weighted by Crippen LogP contribution is 2.28. The van der Waals surface area contributed by atoms with E-state index >= 15 is 0 Å². The second kappa shape index (κ2) is 5.89. The lowest BCUT2D eigenvalue weighted by atomic mass is 10.3. The fourth-order valence-electron chi connectivity index (χ4n) is 1.41. The van der Waals surface area contributed by atoms with Crippen molar-refractivity contribution in [2.24, 2.45) is 0 Å². The van der Waals surface area contributed by atoms with Crippen LogP contribution in [0.25, 0.3) is 0 Å². The number of halogens is 2. The number of thiophene rings is 1. The molecule has 0 aliphatic carbocycles. The molecule has 2 rings (SSSR count). The summed E-state index contributed by atoms with van der Waals surface area (Å²) in [5, 5.41) is 5.45. The maximum Gasteiger partial charge on any atom is 0.133 e. The molecular formula is C12H11Br2NOS. The summed E-state index contributed by atoms with van der Waals surface area (Å²) in [5.41, 5.74) is 1.07. The van der Waals surface area contributed by atoms with E-state index < -0.39 is 0 Å². The molecule has 1 aromatic carbocycles. The van der Waals surface area contributed by atoms with Crippen molar-refractivity contribution in [3.8, 4) is 5.75 Å². The van der Waals surface area contributed by atoms with Crippen molar-refractivity contribution in [2.75, 3.05) is 12.4 Å². The molecule has 0 bridgehead atoms. The van der Waals surface area contributed by atoms with Crippen molar-refractivity contribution in [3.05, 3.63) is 43.5 Å². The fourth-order valence-corrected chi connectivity index (χ4v) is 3.34. The summed E-state index contributed by atoms with van der Waals surface area (Å²) < 4.78 is 7.28. The van der Waals surface area contributed by atoms with Crippen molar-refractivity contribution >= 4 is 48.9 Å². The molecule has 17 heavy (non-hydrogen) atoms. The molecule has 1 aromatic heterocycles. The Labute approximate surface area is 121 Å². The number of hydrogen-bond acceptors (Lipinski definition) is 3. The Morgan fingerprint density at radius 1 is 1.29 bits per heavy atom. The highest BCUT2D eigenvalue weighted by atomic mass is 79.9. The lowest BCUT2D eigenvalue weighted by molar-refractivity contribution is 0.412. The van der Waals surface area contributed by atoms with E-state index in [1.807, 2.05) is 18.2 Å². The zero-order chi connectivity index (χ0) is 12.3. The SMILES string of the molecule is COc1ccc(NCc2cc(Br)cs2)cc1Br. The highest BCUT2D eigenvalue weighted by Gasteiger charge is 2.02. The molecule has 0 saturated carbocycles. The first kappa shape index (κ1) is 12.9. The fraction of sp³-hybridized carbons (Fsp3) is 0.167. The van der Waals surface area contributed by atoms with Crippen LogP contribution in [0.3, 0.4) is 0 Å². The van der Waals surface area contributed by atoms with Crippen molar-refractivity contribution in [1.82, 2.24) is 0 Å². The largest absolute Gasteiger partial charge is 0.496 e. The lowest BCUT2D eigenvalue weighted by Gasteiger charge is -2.08. The van der Waals surface area contributed by atoms with E-state index in [0.717, 1.165) is 26.9 Å². The van der Waals surface area contributed by atoms with E-state index in [4.69, 9.17) is 4.74 Å². The van der Waals surface area contributed by atoms with Crippen LogP contribution >= 0.6 is 43.2 Å². The summed E-state index contributed by atoms with van der Waals surface area (Å²) in [6.07, 6.45) is 0. The molecule has 0 saturated heterocycles. The van der Waals surface area contributed by atoms with Crippen molar-refractivity contribution < 1.29 is 4.74 Å². The molecule has 0 atom stereocenters. The van der Waals surface area contributed by atoms with E-state index in [1.165, 1.54) is 4.88 Å². The predicted octanol–water partition coefficient (Wildman–Crippen LogP) is 4.89. The zero-order valence-corrected chi connectivity index (χ0v) is 13.2. The minimum atomic E-state index is 0.828. The van der Waals surface area contributed by atoms with Crippen molar-refractivity contribution in [3.63, 3.8) is 0 Å². The third-order valence-electron chi connectivity index (χ3n) is 2.24. The van der Waals surface area contributed by atoms with Crippen molar-refractivity contribution in [1.29, 1.82) is 0 Å². The highest BCUT2D eigenvalue weighted by molar-refractivity contribution is 9.10. The summed E-state index contributed by atoms with van der Waals surface area (Å²) in [7, 11) is 1.66. The van der Waals surface area contributed by atoms with Crippen LogP contribution in [0.5, 0.6) is 5.75 Å². The molecule has 0 aliphatic rings. The van der Waals surface area contributed by atoms with Gasteiger partial charge in [-0.25, -0.2) is 0 Å². The van der Waals surface area contributed by atoms with Crippen LogP contribution in [0.4, 0.5) is 5.69 Å². The van der Waals surface area contributed by atoms with Gasteiger partial charge in [-0.3, -0.25) is 0 Å². The second-order valence-electron chi connectivity index (χ2n) is 3.43. The van der Waals surface area contributed by atoms with Gasteiger partial charge in [0, 0.05) is 27.0 Å². The van der Waals surface area contributed by atoms with E-state index in [2.05, 4.69) is 48.6 Å². The van der Waals surface area contributed by atoms with Crippen LogP contribution in [0, 0.1) is 0 Å². The molecule has 2 nitrogen and oxygen atoms in total. The molecule has 1 N–H and O–H groups in total. The molecule has 0 aliphatic heterocycles. The number of nitrogens with one attached hydrogen (secondary N) is 1. The van der Waals surface area contributed by atoms with Crippen LogP contribution in [-0.4, -0.2) is 7.11 Å².